The predicted octanol–water partition coefficient (Wildman–Crippen LogP) is 12.9. The molecule has 0 atom stereocenters. The number of para-hydroxylation sites is 1. The number of nitrogens with zero attached hydrogens (tertiary/aromatic N) is 1. The maximum atomic E-state index is 6.41. The first-order chi connectivity index (χ1) is 22.3. The predicted molar refractivity (Wildman–Crippen MR) is 194 cm³/mol. The van der Waals surface area contributed by atoms with Gasteiger partial charge in [-0.1, -0.05) is 115 Å². The van der Waals surface area contributed by atoms with E-state index in [4.69, 9.17) is 4.42 Å². The van der Waals surface area contributed by atoms with E-state index in [9.17, 15) is 0 Å². The third-order valence-electron chi connectivity index (χ3n) is 9.25. The van der Waals surface area contributed by atoms with Gasteiger partial charge in [0.05, 0.1) is 27.1 Å². The molecule has 0 radical (unpaired) electrons. The van der Waals surface area contributed by atoms with Gasteiger partial charge < -0.3 is 9.32 Å². The highest BCUT2D eigenvalue weighted by atomic mass is 32.1. The van der Waals surface area contributed by atoms with Crippen molar-refractivity contribution in [2.24, 2.45) is 0 Å². The molecule has 10 rings (SSSR count). The number of thiophene rings is 1. The number of furan rings is 1. The summed E-state index contributed by atoms with van der Waals surface area (Å²) in [5.41, 5.74) is 5.20. The molecule has 3 heteroatoms. The number of rotatable bonds is 3. The first-order valence-corrected chi connectivity index (χ1v) is 16.1. The van der Waals surface area contributed by atoms with Crippen molar-refractivity contribution >= 4 is 103 Å². The standard InChI is InChI=1S/C42H25NOS/c1-2-11-27-26(10-1)22-23-30-28-14-7-16-35(31(28)25-24-29(27)30)43(36-17-9-20-39-41(36)34-13-3-5-19-38(34)44-39)37-18-8-15-33-32-12-4-6-21-40(32)45-42(33)37/h1-25H. The van der Waals surface area contributed by atoms with E-state index in [0.717, 1.165) is 39.0 Å². The molecule has 0 N–H and O–H groups in total. The zero-order valence-electron chi connectivity index (χ0n) is 24.2. The van der Waals surface area contributed by atoms with Crippen LogP contribution in [0, 0.1) is 0 Å². The van der Waals surface area contributed by atoms with Crippen molar-refractivity contribution in [3.05, 3.63) is 152 Å². The first kappa shape index (κ1) is 24.8. The van der Waals surface area contributed by atoms with E-state index in [1.54, 1.807) is 0 Å². The second-order valence-corrected chi connectivity index (χ2v) is 12.7. The van der Waals surface area contributed by atoms with Crippen molar-refractivity contribution in [2.75, 3.05) is 4.90 Å². The molecule has 0 saturated carbocycles. The first-order valence-electron chi connectivity index (χ1n) is 15.3. The molecule has 0 bridgehead atoms. The van der Waals surface area contributed by atoms with Crippen LogP contribution in [0.3, 0.4) is 0 Å². The van der Waals surface area contributed by atoms with E-state index in [1.165, 1.54) is 52.5 Å². The topological polar surface area (TPSA) is 16.4 Å². The molecular formula is C42H25NOS. The van der Waals surface area contributed by atoms with Crippen LogP contribution in [0.15, 0.2) is 156 Å². The van der Waals surface area contributed by atoms with Gasteiger partial charge in [0.1, 0.15) is 11.2 Å². The lowest BCUT2D eigenvalue weighted by molar-refractivity contribution is 0.669. The number of benzene rings is 8. The zero-order chi connectivity index (χ0) is 29.5. The quantitative estimate of drug-likeness (QED) is 0.190. The lowest BCUT2D eigenvalue weighted by atomic mass is 9.96. The Labute approximate surface area is 263 Å². The Morgan fingerprint density at radius 3 is 1.91 bits per heavy atom. The molecule has 0 aliphatic rings. The van der Waals surface area contributed by atoms with E-state index in [2.05, 4.69) is 150 Å². The van der Waals surface area contributed by atoms with Crippen LogP contribution in [0.1, 0.15) is 0 Å². The van der Waals surface area contributed by atoms with E-state index in [1.807, 2.05) is 17.4 Å². The maximum Gasteiger partial charge on any atom is 0.137 e. The Morgan fingerprint density at radius 1 is 0.378 bits per heavy atom. The van der Waals surface area contributed by atoms with Crippen molar-refractivity contribution in [1.29, 1.82) is 0 Å². The smallest absolute Gasteiger partial charge is 0.137 e. The minimum atomic E-state index is 0.888. The molecule has 210 valence electrons. The molecule has 2 heterocycles. The fourth-order valence-corrected chi connectivity index (χ4v) is 8.48. The fraction of sp³-hybridized carbons (Fsp3) is 0. The molecule has 0 amide bonds. The normalized spacial score (nSPS) is 12.0. The summed E-state index contributed by atoms with van der Waals surface area (Å²) in [6.45, 7) is 0. The highest BCUT2D eigenvalue weighted by Gasteiger charge is 2.23. The van der Waals surface area contributed by atoms with Gasteiger partial charge in [-0.05, 0) is 63.3 Å². The average Bonchev–Trinajstić information content (AvgIpc) is 3.68. The van der Waals surface area contributed by atoms with Gasteiger partial charge in [-0.2, -0.15) is 0 Å². The van der Waals surface area contributed by atoms with E-state index < -0.39 is 0 Å². The molecule has 2 nitrogen and oxygen atoms in total. The monoisotopic (exact) mass is 591 g/mol. The van der Waals surface area contributed by atoms with Crippen LogP contribution < -0.4 is 4.90 Å². The van der Waals surface area contributed by atoms with Crippen LogP contribution >= 0.6 is 11.3 Å². The Morgan fingerprint density at radius 2 is 0.978 bits per heavy atom. The van der Waals surface area contributed by atoms with Crippen LogP contribution in [-0.2, 0) is 0 Å². The Balaban J connectivity index is 1.35. The third-order valence-corrected chi connectivity index (χ3v) is 10.5. The van der Waals surface area contributed by atoms with Gasteiger partial charge >= 0.3 is 0 Å². The van der Waals surface area contributed by atoms with Crippen LogP contribution in [0.5, 0.6) is 0 Å². The molecule has 0 spiro atoms. The van der Waals surface area contributed by atoms with Gasteiger partial charge in [0.15, 0.2) is 0 Å². The van der Waals surface area contributed by atoms with Gasteiger partial charge in [-0.15, -0.1) is 11.3 Å². The molecule has 2 aromatic heterocycles. The highest BCUT2D eigenvalue weighted by molar-refractivity contribution is 7.26. The number of hydrogen-bond donors (Lipinski definition) is 0. The average molecular weight is 592 g/mol. The minimum absolute atomic E-state index is 0.888. The molecule has 0 saturated heterocycles. The summed E-state index contributed by atoms with van der Waals surface area (Å²) in [5, 5.41) is 12.3. The number of hydrogen-bond acceptors (Lipinski definition) is 3. The second kappa shape index (κ2) is 9.43. The number of anilines is 3. The summed E-state index contributed by atoms with van der Waals surface area (Å²) in [6.07, 6.45) is 0. The lowest BCUT2D eigenvalue weighted by Gasteiger charge is -2.28. The molecule has 0 unspecified atom stereocenters. The Kier molecular flexibility index (Phi) is 5.19. The Hall–Kier alpha value is -5.64. The molecule has 0 fully saturated rings. The van der Waals surface area contributed by atoms with Crippen LogP contribution in [0.4, 0.5) is 17.1 Å². The van der Waals surface area contributed by atoms with E-state index in [0.29, 0.717) is 0 Å². The van der Waals surface area contributed by atoms with E-state index >= 15 is 0 Å². The Bertz CT molecular complexity index is 2790. The molecule has 10 aromatic rings. The van der Waals surface area contributed by atoms with Gasteiger partial charge in [-0.3, -0.25) is 0 Å². The van der Waals surface area contributed by atoms with Gasteiger partial charge in [0.2, 0.25) is 0 Å². The number of fused-ring (bicyclic) bond motifs is 11. The molecule has 45 heavy (non-hydrogen) atoms. The van der Waals surface area contributed by atoms with Crippen molar-refractivity contribution in [1.82, 2.24) is 0 Å². The highest BCUT2D eigenvalue weighted by Crippen LogP contribution is 2.49. The molecule has 0 aliphatic heterocycles. The summed E-state index contributed by atoms with van der Waals surface area (Å²) in [7, 11) is 0. The van der Waals surface area contributed by atoms with Crippen molar-refractivity contribution < 1.29 is 4.42 Å². The van der Waals surface area contributed by atoms with Gasteiger partial charge in [0.25, 0.3) is 0 Å². The molecular weight excluding hydrogens is 567 g/mol. The summed E-state index contributed by atoms with van der Waals surface area (Å²) in [4.78, 5) is 2.47. The lowest BCUT2D eigenvalue weighted by Crippen LogP contribution is -2.11. The van der Waals surface area contributed by atoms with Crippen LogP contribution in [-0.4, -0.2) is 0 Å². The molecule has 0 aliphatic carbocycles. The fourth-order valence-electron chi connectivity index (χ4n) is 7.27. The maximum absolute atomic E-state index is 6.41. The van der Waals surface area contributed by atoms with Crippen molar-refractivity contribution in [2.45, 2.75) is 0 Å². The largest absolute Gasteiger partial charge is 0.456 e. The summed E-state index contributed by atoms with van der Waals surface area (Å²) >= 11 is 1.86. The minimum Gasteiger partial charge on any atom is -0.456 e. The van der Waals surface area contributed by atoms with Crippen molar-refractivity contribution in [3.63, 3.8) is 0 Å². The van der Waals surface area contributed by atoms with Crippen molar-refractivity contribution in [3.8, 4) is 0 Å². The summed E-state index contributed by atoms with van der Waals surface area (Å²) < 4.78 is 8.98. The van der Waals surface area contributed by atoms with E-state index in [-0.39, 0.29) is 0 Å². The second-order valence-electron chi connectivity index (χ2n) is 11.7. The van der Waals surface area contributed by atoms with Crippen LogP contribution in [0.25, 0.3) is 74.4 Å². The van der Waals surface area contributed by atoms with Gasteiger partial charge in [0, 0.05) is 26.2 Å². The van der Waals surface area contributed by atoms with Gasteiger partial charge in [-0.25, -0.2) is 0 Å². The summed E-state index contributed by atoms with van der Waals surface area (Å²) in [5.74, 6) is 0. The SMILES string of the molecule is c1ccc2c(c1)ccc1c3cccc(N(c4cccc5c4sc4ccccc45)c4cccc5oc6ccccc6c45)c3ccc21. The summed E-state index contributed by atoms with van der Waals surface area (Å²) in [6, 6.07) is 54.8. The molecule has 8 aromatic carbocycles. The van der Waals surface area contributed by atoms with Crippen LogP contribution in [0.2, 0.25) is 0 Å². The third kappa shape index (κ3) is 3.56. The zero-order valence-corrected chi connectivity index (χ0v) is 25.0.